The summed E-state index contributed by atoms with van der Waals surface area (Å²) in [6.07, 6.45) is 3.93. The maximum Gasteiger partial charge on any atom is 0.218 e. The van der Waals surface area contributed by atoms with E-state index < -0.39 is 16.1 Å². The third-order valence-electron chi connectivity index (χ3n) is 5.21. The molecule has 2 aromatic heterocycles. The Morgan fingerprint density at radius 3 is 2.55 bits per heavy atom. The van der Waals surface area contributed by atoms with Gasteiger partial charge >= 0.3 is 0 Å². The number of sulfonamides is 1. The van der Waals surface area contributed by atoms with Gasteiger partial charge in [0.15, 0.2) is 17.3 Å². The van der Waals surface area contributed by atoms with E-state index in [0.717, 1.165) is 5.82 Å². The van der Waals surface area contributed by atoms with Crippen molar-refractivity contribution in [2.45, 2.75) is 6.10 Å². The molecule has 4 heterocycles. The Bertz CT molecular complexity index is 1150. The number of anilines is 1. The van der Waals surface area contributed by atoms with Crippen LogP contribution in [0.1, 0.15) is 0 Å². The Morgan fingerprint density at radius 1 is 1.00 bits per heavy atom. The third kappa shape index (κ3) is 4.16. The summed E-state index contributed by atoms with van der Waals surface area (Å²) >= 11 is 0. The van der Waals surface area contributed by atoms with Crippen molar-refractivity contribution in [3.63, 3.8) is 0 Å². The molecule has 2 aliphatic heterocycles. The molecule has 11 nitrogen and oxygen atoms in total. The van der Waals surface area contributed by atoms with E-state index in [4.69, 9.17) is 9.47 Å². The standard InChI is InChI=1S/C19H21N7O4S/c27-31(28,11-15-10-29-16-3-1-2-4-17(16)30-15)25-7-5-24(6-8-25)18-9-19(22-13-21-18)26-14-20-12-23-26/h1-4,9,12-15H,5-8,10-11H2. The molecule has 3 aromatic rings. The average Bonchev–Trinajstić information content (AvgIpc) is 3.34. The molecular weight excluding hydrogens is 422 g/mol. The lowest BCUT2D eigenvalue weighted by Gasteiger charge is -2.35. The van der Waals surface area contributed by atoms with E-state index in [2.05, 4.69) is 20.1 Å². The fraction of sp³-hybridized carbons (Fsp3) is 0.368. The fourth-order valence-corrected chi connectivity index (χ4v) is 5.21. The van der Waals surface area contributed by atoms with E-state index in [0.29, 0.717) is 43.5 Å². The first kappa shape index (κ1) is 19.7. The highest BCUT2D eigenvalue weighted by Gasteiger charge is 2.32. The molecule has 5 rings (SSSR count). The SMILES string of the molecule is O=S(=O)(CC1COc2ccccc2O1)N1CCN(c2cc(-n3cncn3)ncn2)CC1. The van der Waals surface area contributed by atoms with Crippen molar-refractivity contribution in [2.24, 2.45) is 0 Å². The quantitative estimate of drug-likeness (QED) is 0.551. The lowest BCUT2D eigenvalue weighted by molar-refractivity contribution is 0.105. The van der Waals surface area contributed by atoms with E-state index in [1.807, 2.05) is 23.1 Å². The lowest BCUT2D eigenvalue weighted by Crippen LogP contribution is -2.51. The highest BCUT2D eigenvalue weighted by Crippen LogP contribution is 2.31. The molecule has 1 aromatic carbocycles. The Kier molecular flexibility index (Phi) is 5.16. The van der Waals surface area contributed by atoms with Crippen LogP contribution in [0, 0.1) is 0 Å². The third-order valence-corrected chi connectivity index (χ3v) is 7.16. The highest BCUT2D eigenvalue weighted by molar-refractivity contribution is 7.89. The van der Waals surface area contributed by atoms with Crippen LogP contribution in [0.2, 0.25) is 0 Å². The first-order valence-corrected chi connectivity index (χ1v) is 11.5. The second-order valence-electron chi connectivity index (χ2n) is 7.24. The van der Waals surface area contributed by atoms with Gasteiger partial charge in [0.1, 0.15) is 43.3 Å². The van der Waals surface area contributed by atoms with Gasteiger partial charge in [0.05, 0.1) is 0 Å². The Balaban J connectivity index is 1.21. The van der Waals surface area contributed by atoms with Gasteiger partial charge in [-0.05, 0) is 12.1 Å². The van der Waals surface area contributed by atoms with Gasteiger partial charge in [0.25, 0.3) is 0 Å². The first-order chi connectivity index (χ1) is 15.1. The van der Waals surface area contributed by atoms with E-state index in [-0.39, 0.29) is 12.4 Å². The van der Waals surface area contributed by atoms with Crippen molar-refractivity contribution in [2.75, 3.05) is 43.4 Å². The number of rotatable bonds is 5. The molecule has 1 saturated heterocycles. The van der Waals surface area contributed by atoms with Crippen LogP contribution < -0.4 is 14.4 Å². The smallest absolute Gasteiger partial charge is 0.218 e. The summed E-state index contributed by atoms with van der Waals surface area (Å²) in [7, 11) is -3.49. The minimum absolute atomic E-state index is 0.120. The zero-order chi connectivity index (χ0) is 21.3. The number of para-hydroxylation sites is 2. The molecule has 12 heteroatoms. The largest absolute Gasteiger partial charge is 0.486 e. The molecule has 162 valence electrons. The molecule has 31 heavy (non-hydrogen) atoms. The molecule has 0 radical (unpaired) electrons. The highest BCUT2D eigenvalue weighted by atomic mass is 32.2. The number of nitrogens with zero attached hydrogens (tertiary/aromatic N) is 7. The first-order valence-electron chi connectivity index (χ1n) is 9.87. The molecule has 1 unspecified atom stereocenters. The van der Waals surface area contributed by atoms with Crippen molar-refractivity contribution in [1.29, 1.82) is 0 Å². The van der Waals surface area contributed by atoms with Crippen LogP contribution in [0.3, 0.4) is 0 Å². The van der Waals surface area contributed by atoms with Crippen LogP contribution in [-0.2, 0) is 10.0 Å². The van der Waals surface area contributed by atoms with Crippen LogP contribution >= 0.6 is 0 Å². The minimum Gasteiger partial charge on any atom is -0.486 e. The van der Waals surface area contributed by atoms with Crippen molar-refractivity contribution in [3.8, 4) is 17.3 Å². The topological polar surface area (TPSA) is 116 Å². The van der Waals surface area contributed by atoms with Gasteiger partial charge in [-0.15, -0.1) is 0 Å². The summed E-state index contributed by atoms with van der Waals surface area (Å²) in [4.78, 5) is 14.5. The molecule has 1 fully saturated rings. The number of hydrogen-bond acceptors (Lipinski definition) is 9. The van der Waals surface area contributed by atoms with Gasteiger partial charge in [-0.2, -0.15) is 9.40 Å². The lowest BCUT2D eigenvalue weighted by atomic mass is 10.3. The maximum atomic E-state index is 12.9. The van der Waals surface area contributed by atoms with E-state index in [9.17, 15) is 8.42 Å². The fourth-order valence-electron chi connectivity index (χ4n) is 3.64. The average molecular weight is 443 g/mol. The molecule has 2 aliphatic rings. The van der Waals surface area contributed by atoms with Crippen molar-refractivity contribution in [3.05, 3.63) is 49.3 Å². The summed E-state index contributed by atoms with van der Waals surface area (Å²) in [5.74, 6) is 2.42. The van der Waals surface area contributed by atoms with Gasteiger partial charge < -0.3 is 14.4 Å². The van der Waals surface area contributed by atoms with Crippen molar-refractivity contribution >= 4 is 15.8 Å². The van der Waals surface area contributed by atoms with E-state index >= 15 is 0 Å². The summed E-state index contributed by atoms with van der Waals surface area (Å²) < 4.78 is 40.4. The number of fused-ring (bicyclic) bond motifs is 1. The van der Waals surface area contributed by atoms with Gasteiger partial charge in [-0.25, -0.2) is 28.1 Å². The molecule has 0 saturated carbocycles. The van der Waals surface area contributed by atoms with E-state index in [1.165, 1.54) is 17.0 Å². The summed E-state index contributed by atoms with van der Waals surface area (Å²) in [5.41, 5.74) is 0. The number of ether oxygens (including phenoxy) is 2. The summed E-state index contributed by atoms with van der Waals surface area (Å²) in [5, 5.41) is 4.07. The van der Waals surface area contributed by atoms with Crippen molar-refractivity contribution in [1.82, 2.24) is 29.0 Å². The Labute approximate surface area is 179 Å². The monoisotopic (exact) mass is 443 g/mol. The van der Waals surface area contributed by atoms with Crippen LogP contribution in [0.4, 0.5) is 5.82 Å². The zero-order valence-corrected chi connectivity index (χ0v) is 17.4. The van der Waals surface area contributed by atoms with Gasteiger partial charge in [-0.3, -0.25) is 0 Å². The number of aromatic nitrogens is 5. The molecule has 0 bridgehead atoms. The van der Waals surface area contributed by atoms with Gasteiger partial charge in [-0.1, -0.05) is 12.1 Å². The second-order valence-corrected chi connectivity index (χ2v) is 9.25. The molecule has 0 N–H and O–H groups in total. The number of benzene rings is 1. The second kappa shape index (κ2) is 8.12. The Morgan fingerprint density at radius 2 is 1.77 bits per heavy atom. The van der Waals surface area contributed by atoms with Crippen LogP contribution in [-0.4, -0.2) is 82.1 Å². The minimum atomic E-state index is -3.49. The number of piperazine rings is 1. The zero-order valence-electron chi connectivity index (χ0n) is 16.6. The molecule has 0 spiro atoms. The van der Waals surface area contributed by atoms with Crippen LogP contribution in [0.15, 0.2) is 49.3 Å². The molecule has 1 atom stereocenters. The maximum absolute atomic E-state index is 12.9. The van der Waals surface area contributed by atoms with E-state index in [1.54, 1.807) is 23.1 Å². The van der Waals surface area contributed by atoms with Gasteiger partial charge in [0, 0.05) is 32.2 Å². The molecular formula is C19H21N7O4S. The van der Waals surface area contributed by atoms with Gasteiger partial charge in [0.2, 0.25) is 10.0 Å². The van der Waals surface area contributed by atoms with Crippen molar-refractivity contribution < 1.29 is 17.9 Å². The predicted molar refractivity (Wildman–Crippen MR) is 111 cm³/mol. The van der Waals surface area contributed by atoms with Crippen LogP contribution in [0.25, 0.3) is 5.82 Å². The van der Waals surface area contributed by atoms with Crippen LogP contribution in [0.5, 0.6) is 11.5 Å². The molecule has 0 amide bonds. The summed E-state index contributed by atoms with van der Waals surface area (Å²) in [6, 6.07) is 9.08. The summed E-state index contributed by atoms with van der Waals surface area (Å²) in [6.45, 7) is 2.00. The number of hydrogen-bond donors (Lipinski definition) is 0. The Hall–Kier alpha value is -3.25. The normalized spacial score (nSPS) is 19.4. The predicted octanol–water partition coefficient (Wildman–Crippen LogP) is 0.349. The molecule has 0 aliphatic carbocycles.